The van der Waals surface area contributed by atoms with Gasteiger partial charge in [-0.1, -0.05) is 42.3 Å². The summed E-state index contributed by atoms with van der Waals surface area (Å²) in [5.41, 5.74) is 0. The molecule has 0 saturated heterocycles. The quantitative estimate of drug-likeness (QED) is 0.505. The third-order valence-electron chi connectivity index (χ3n) is 1.50. The van der Waals surface area contributed by atoms with Crippen molar-refractivity contribution in [2.45, 2.75) is 24.7 Å². The first-order valence-corrected chi connectivity index (χ1v) is 8.10. The fourth-order valence-electron chi connectivity index (χ4n) is 0.777. The molecule has 0 fully saturated rings. The molecule has 0 aliphatic carbocycles. The van der Waals surface area contributed by atoms with Gasteiger partial charge in [-0.15, -0.1) is 0 Å². The zero-order valence-electron chi connectivity index (χ0n) is 7.73. The molecule has 1 rings (SSSR count). The van der Waals surface area contributed by atoms with Gasteiger partial charge in [0.2, 0.25) is 0 Å². The molecule has 0 aliphatic rings. The molecule has 3 heteroatoms. The first kappa shape index (κ1) is 11.3. The van der Waals surface area contributed by atoms with Gasteiger partial charge in [-0.05, 0) is 39.2 Å². The van der Waals surface area contributed by atoms with Crippen molar-refractivity contribution in [3.8, 4) is 0 Å². The van der Waals surface area contributed by atoms with Crippen molar-refractivity contribution in [2.24, 2.45) is 0 Å². The van der Waals surface area contributed by atoms with Gasteiger partial charge in [-0.2, -0.15) is 0 Å². The summed E-state index contributed by atoms with van der Waals surface area (Å²) in [5.74, 6) is 1.26. The Hall–Kier alpha value is 0.270. The molecule has 1 aromatic rings. The highest BCUT2D eigenvalue weighted by Gasteiger charge is 1.93. The van der Waals surface area contributed by atoms with Gasteiger partial charge in [0, 0.05) is 10.6 Å². The monoisotopic (exact) mass is 230 g/mol. The summed E-state index contributed by atoms with van der Waals surface area (Å²) < 4.78 is 0. The zero-order valence-corrected chi connectivity index (χ0v) is 10.2. The van der Waals surface area contributed by atoms with Crippen molar-refractivity contribution in [3.05, 3.63) is 30.3 Å². The summed E-state index contributed by atoms with van der Waals surface area (Å²) in [7, 11) is 5.68. The Kier molecular flexibility index (Phi) is 6.68. The van der Waals surface area contributed by atoms with Crippen molar-refractivity contribution in [2.75, 3.05) is 5.75 Å². The molecule has 0 amide bonds. The summed E-state index contributed by atoms with van der Waals surface area (Å²) >= 11 is 0. The molecule has 13 heavy (non-hydrogen) atoms. The van der Waals surface area contributed by atoms with E-state index in [2.05, 4.69) is 37.3 Å². The Balaban J connectivity index is 2.07. The lowest BCUT2D eigenvalue weighted by Crippen LogP contribution is -1.71. The molecule has 0 bridgehead atoms. The molecule has 1 aromatic carbocycles. The topological polar surface area (TPSA) is 0 Å². The van der Waals surface area contributed by atoms with Gasteiger partial charge in [0.1, 0.15) is 0 Å². The van der Waals surface area contributed by atoms with E-state index in [-0.39, 0.29) is 0 Å². The summed E-state index contributed by atoms with van der Waals surface area (Å²) in [4.78, 5) is 1.34. The van der Waals surface area contributed by atoms with Gasteiger partial charge in [0.15, 0.2) is 0 Å². The van der Waals surface area contributed by atoms with E-state index in [1.807, 2.05) is 31.4 Å². The second-order valence-electron chi connectivity index (χ2n) is 2.64. The van der Waals surface area contributed by atoms with Crippen LogP contribution in [0.2, 0.25) is 0 Å². The van der Waals surface area contributed by atoms with Crippen LogP contribution in [-0.2, 0) is 0 Å². The SMILES string of the molecule is CCCCSSSc1ccccc1. The molecule has 0 N–H and O–H groups in total. The summed E-state index contributed by atoms with van der Waals surface area (Å²) in [6.45, 7) is 2.23. The average Bonchev–Trinajstić information content (AvgIpc) is 2.19. The largest absolute Gasteiger partial charge is 0.0822 e. The molecule has 0 spiro atoms. The molecule has 0 aliphatic heterocycles. The molecule has 0 heterocycles. The van der Waals surface area contributed by atoms with E-state index in [1.54, 1.807) is 0 Å². The predicted octanol–water partition coefficient (Wildman–Crippen LogP) is 4.88. The number of hydrogen-bond donors (Lipinski definition) is 0. The molecule has 72 valence electrons. The minimum atomic E-state index is 1.26. The van der Waals surface area contributed by atoms with Gasteiger partial charge < -0.3 is 0 Å². The second-order valence-corrected chi connectivity index (χ2v) is 6.90. The highest BCUT2D eigenvalue weighted by atomic mass is 33.5. The number of hydrogen-bond acceptors (Lipinski definition) is 3. The molecule has 0 aromatic heterocycles. The van der Waals surface area contributed by atoms with E-state index in [1.165, 1.54) is 23.5 Å². The molecule has 0 nitrogen and oxygen atoms in total. The fourth-order valence-corrected chi connectivity index (χ4v) is 4.67. The Morgan fingerprint density at radius 1 is 1.15 bits per heavy atom. The zero-order chi connectivity index (χ0) is 9.36. The summed E-state index contributed by atoms with van der Waals surface area (Å²) in [6.07, 6.45) is 2.62. The van der Waals surface area contributed by atoms with Gasteiger partial charge in [-0.25, -0.2) is 0 Å². The predicted molar refractivity (Wildman–Crippen MR) is 67.3 cm³/mol. The maximum Gasteiger partial charge on any atom is 0.0191 e. The Bertz CT molecular complexity index is 211. The van der Waals surface area contributed by atoms with Crippen LogP contribution >= 0.6 is 31.4 Å². The van der Waals surface area contributed by atoms with Gasteiger partial charge >= 0.3 is 0 Å². The van der Waals surface area contributed by atoms with Crippen LogP contribution in [0.1, 0.15) is 19.8 Å². The van der Waals surface area contributed by atoms with E-state index in [0.717, 1.165) is 0 Å². The normalized spacial score (nSPS) is 10.2. The van der Waals surface area contributed by atoms with Crippen molar-refractivity contribution in [1.29, 1.82) is 0 Å². The first-order valence-electron chi connectivity index (χ1n) is 4.44. The minimum Gasteiger partial charge on any atom is -0.0822 e. The van der Waals surface area contributed by atoms with Crippen LogP contribution in [0.3, 0.4) is 0 Å². The number of unbranched alkanes of at least 4 members (excludes halogenated alkanes) is 1. The van der Waals surface area contributed by atoms with Crippen LogP contribution < -0.4 is 0 Å². The van der Waals surface area contributed by atoms with Crippen molar-refractivity contribution < 1.29 is 0 Å². The van der Waals surface area contributed by atoms with Crippen LogP contribution in [-0.4, -0.2) is 5.75 Å². The standard InChI is InChI=1S/C10H14S3/c1-2-3-9-11-13-12-10-7-5-4-6-8-10/h4-8H,2-3,9H2,1H3. The van der Waals surface area contributed by atoms with Crippen molar-refractivity contribution in [3.63, 3.8) is 0 Å². The van der Waals surface area contributed by atoms with Gasteiger partial charge in [0.25, 0.3) is 0 Å². The molecule has 0 atom stereocenters. The Morgan fingerprint density at radius 3 is 2.62 bits per heavy atom. The maximum absolute atomic E-state index is 2.23. The molecular formula is C10H14S3. The van der Waals surface area contributed by atoms with E-state index in [0.29, 0.717) is 0 Å². The molecule has 0 unspecified atom stereocenters. The van der Waals surface area contributed by atoms with E-state index in [4.69, 9.17) is 0 Å². The average molecular weight is 230 g/mol. The Morgan fingerprint density at radius 2 is 1.92 bits per heavy atom. The molecular weight excluding hydrogens is 216 g/mol. The lowest BCUT2D eigenvalue weighted by Gasteiger charge is -1.98. The van der Waals surface area contributed by atoms with Crippen LogP contribution in [0.4, 0.5) is 0 Å². The van der Waals surface area contributed by atoms with Gasteiger partial charge in [0.05, 0.1) is 0 Å². The van der Waals surface area contributed by atoms with E-state index < -0.39 is 0 Å². The summed E-state index contributed by atoms with van der Waals surface area (Å²) in [6, 6.07) is 10.5. The summed E-state index contributed by atoms with van der Waals surface area (Å²) in [5, 5.41) is 0. The van der Waals surface area contributed by atoms with Crippen LogP contribution in [0.15, 0.2) is 35.2 Å². The second kappa shape index (κ2) is 7.65. The van der Waals surface area contributed by atoms with Crippen LogP contribution in [0, 0.1) is 0 Å². The van der Waals surface area contributed by atoms with E-state index >= 15 is 0 Å². The van der Waals surface area contributed by atoms with Crippen LogP contribution in [0.5, 0.6) is 0 Å². The lowest BCUT2D eigenvalue weighted by molar-refractivity contribution is 0.898. The van der Waals surface area contributed by atoms with Crippen molar-refractivity contribution in [1.82, 2.24) is 0 Å². The van der Waals surface area contributed by atoms with Crippen molar-refractivity contribution >= 4 is 31.4 Å². The lowest BCUT2D eigenvalue weighted by atomic mass is 10.4. The third kappa shape index (κ3) is 5.55. The maximum atomic E-state index is 2.23. The number of rotatable bonds is 6. The van der Waals surface area contributed by atoms with Crippen LogP contribution in [0.25, 0.3) is 0 Å². The third-order valence-corrected chi connectivity index (χ3v) is 5.64. The fraction of sp³-hybridized carbons (Fsp3) is 0.400. The van der Waals surface area contributed by atoms with Gasteiger partial charge in [-0.3, -0.25) is 0 Å². The van der Waals surface area contributed by atoms with E-state index in [9.17, 15) is 0 Å². The highest BCUT2D eigenvalue weighted by molar-refractivity contribution is 9.09. The first-order chi connectivity index (χ1) is 6.43. The minimum absolute atomic E-state index is 1.26. The Labute approximate surface area is 92.1 Å². The molecule has 0 radical (unpaired) electrons. The smallest absolute Gasteiger partial charge is 0.0191 e. The molecule has 0 saturated carbocycles. The highest BCUT2D eigenvalue weighted by Crippen LogP contribution is 2.40. The number of benzene rings is 1.